The fourth-order valence-electron chi connectivity index (χ4n) is 4.53. The van der Waals surface area contributed by atoms with Crippen LogP contribution in [0.4, 0.5) is 4.79 Å². The smallest absolute Gasteiger partial charge is 0.407 e. The fraction of sp³-hybridized carbons (Fsp3) is 0.667. The van der Waals surface area contributed by atoms with Crippen LogP contribution in [0.2, 0.25) is 0 Å². The second-order valence-electron chi connectivity index (χ2n) is 9.92. The van der Waals surface area contributed by atoms with E-state index in [2.05, 4.69) is 15.9 Å². The molecule has 2 heterocycles. The minimum absolute atomic E-state index is 0.0855. The van der Waals surface area contributed by atoms with Crippen LogP contribution >= 0.6 is 0 Å². The summed E-state index contributed by atoms with van der Waals surface area (Å²) in [5.41, 5.74) is 0.170. The summed E-state index contributed by atoms with van der Waals surface area (Å²) in [6.45, 7) is 11.0. The molecular weight excluding hydrogens is 424 g/mol. The summed E-state index contributed by atoms with van der Waals surface area (Å²) in [5, 5.41) is 28.7. The van der Waals surface area contributed by atoms with E-state index < -0.39 is 17.7 Å². The second-order valence-corrected chi connectivity index (χ2v) is 9.92. The molecule has 1 aromatic carbocycles. The molecule has 2 bridgehead atoms. The van der Waals surface area contributed by atoms with Gasteiger partial charge in [0.2, 0.25) is 0 Å². The van der Waals surface area contributed by atoms with E-state index in [1.807, 2.05) is 20.8 Å². The van der Waals surface area contributed by atoms with Crippen LogP contribution in [0.5, 0.6) is 5.75 Å². The first kappa shape index (κ1) is 25.2. The van der Waals surface area contributed by atoms with Crippen LogP contribution in [0, 0.1) is 11.3 Å². The lowest BCUT2D eigenvalue weighted by Gasteiger charge is -2.46. The van der Waals surface area contributed by atoms with E-state index in [9.17, 15) is 15.0 Å². The van der Waals surface area contributed by atoms with Crippen molar-refractivity contribution in [2.24, 2.45) is 0 Å². The van der Waals surface area contributed by atoms with Gasteiger partial charge in [-0.3, -0.25) is 9.80 Å². The molecule has 9 heteroatoms. The minimum Gasteiger partial charge on any atom is -0.491 e. The van der Waals surface area contributed by atoms with Crippen LogP contribution in [0.15, 0.2) is 24.3 Å². The Balaban J connectivity index is 1.39. The number of benzene rings is 1. The lowest BCUT2D eigenvalue weighted by Crippen LogP contribution is -2.60. The van der Waals surface area contributed by atoms with Gasteiger partial charge >= 0.3 is 6.09 Å². The second kappa shape index (κ2) is 11.2. The molecule has 3 atom stereocenters. The van der Waals surface area contributed by atoms with Gasteiger partial charge in [-0.25, -0.2) is 4.79 Å². The van der Waals surface area contributed by atoms with Crippen LogP contribution in [0.1, 0.15) is 32.8 Å². The maximum Gasteiger partial charge on any atom is 0.407 e. The van der Waals surface area contributed by atoms with E-state index in [1.165, 1.54) is 4.90 Å². The van der Waals surface area contributed by atoms with Gasteiger partial charge in [0.05, 0.1) is 23.8 Å². The third-order valence-electron chi connectivity index (χ3n) is 6.02. The first-order chi connectivity index (χ1) is 15.6. The van der Waals surface area contributed by atoms with Crippen molar-refractivity contribution in [3.8, 4) is 11.8 Å². The van der Waals surface area contributed by atoms with Gasteiger partial charge in [-0.2, -0.15) is 5.26 Å². The number of morpholine rings is 2. The van der Waals surface area contributed by atoms with Crippen molar-refractivity contribution < 1.29 is 24.5 Å². The Bertz CT molecular complexity index is 806. The molecule has 2 saturated heterocycles. The SMILES string of the molecule is CC(C)(C)N(CCCN1CC2CN(CC(O)COc3ccc(C#N)cc3)CC(C1)O2)C(=O)O. The highest BCUT2D eigenvalue weighted by Gasteiger charge is 2.35. The van der Waals surface area contributed by atoms with Gasteiger partial charge in [-0.05, 0) is 51.5 Å². The maximum absolute atomic E-state index is 11.5. The molecule has 33 heavy (non-hydrogen) atoms. The normalized spacial score (nSPS) is 22.4. The number of aliphatic hydroxyl groups is 1. The Hall–Kier alpha value is -2.38. The maximum atomic E-state index is 11.5. The molecular formula is C24H36N4O5. The molecule has 9 nitrogen and oxygen atoms in total. The highest BCUT2D eigenvalue weighted by Crippen LogP contribution is 2.21. The predicted octanol–water partition coefficient (Wildman–Crippen LogP) is 1.85. The Labute approximate surface area is 196 Å². The van der Waals surface area contributed by atoms with Crippen LogP contribution in [-0.4, -0.2) is 107 Å². The molecule has 2 N–H and O–H groups in total. The highest BCUT2D eigenvalue weighted by molar-refractivity contribution is 5.65. The highest BCUT2D eigenvalue weighted by atomic mass is 16.5. The van der Waals surface area contributed by atoms with Gasteiger partial charge in [0.25, 0.3) is 0 Å². The summed E-state index contributed by atoms with van der Waals surface area (Å²) >= 11 is 0. The van der Waals surface area contributed by atoms with Crippen molar-refractivity contribution in [2.45, 2.75) is 51.0 Å². The van der Waals surface area contributed by atoms with Gasteiger partial charge in [0.15, 0.2) is 0 Å². The van der Waals surface area contributed by atoms with Crippen LogP contribution in [-0.2, 0) is 4.74 Å². The third kappa shape index (κ3) is 7.57. The summed E-state index contributed by atoms with van der Waals surface area (Å²) in [6, 6.07) is 8.92. The predicted molar refractivity (Wildman–Crippen MR) is 123 cm³/mol. The summed E-state index contributed by atoms with van der Waals surface area (Å²) < 4.78 is 11.8. The van der Waals surface area contributed by atoms with E-state index in [-0.39, 0.29) is 18.8 Å². The number of carboxylic acid groups (broad SMARTS) is 1. The summed E-state index contributed by atoms with van der Waals surface area (Å²) in [6.07, 6.45) is -0.531. The number of nitriles is 1. The molecule has 3 rings (SSSR count). The van der Waals surface area contributed by atoms with E-state index in [4.69, 9.17) is 14.7 Å². The van der Waals surface area contributed by atoms with Crippen molar-refractivity contribution in [2.75, 3.05) is 52.4 Å². The number of aliphatic hydroxyl groups excluding tert-OH is 1. The average molecular weight is 461 g/mol. The van der Waals surface area contributed by atoms with Crippen LogP contribution < -0.4 is 4.74 Å². The molecule has 3 unspecified atom stereocenters. The van der Waals surface area contributed by atoms with E-state index >= 15 is 0 Å². The number of hydrogen-bond donors (Lipinski definition) is 2. The van der Waals surface area contributed by atoms with Crippen molar-refractivity contribution in [3.05, 3.63) is 29.8 Å². The molecule has 0 radical (unpaired) electrons. The number of carbonyl (C=O) groups is 1. The van der Waals surface area contributed by atoms with Gasteiger partial charge in [0.1, 0.15) is 18.5 Å². The third-order valence-corrected chi connectivity index (χ3v) is 6.02. The van der Waals surface area contributed by atoms with E-state index in [0.717, 1.165) is 39.1 Å². The zero-order chi connectivity index (χ0) is 24.0. The fourth-order valence-corrected chi connectivity index (χ4v) is 4.53. The molecule has 1 amide bonds. The Kier molecular flexibility index (Phi) is 8.54. The average Bonchev–Trinajstić information content (AvgIpc) is 2.74. The number of nitrogens with zero attached hydrogens (tertiary/aromatic N) is 4. The molecule has 1 aromatic rings. The van der Waals surface area contributed by atoms with Gasteiger partial charge in [-0.15, -0.1) is 0 Å². The van der Waals surface area contributed by atoms with Gasteiger partial charge in [-0.1, -0.05) is 0 Å². The number of β-amino-alcohol motifs (C(OH)–C–C–N with tert-alkyl or cyclic N) is 1. The Morgan fingerprint density at radius 3 is 2.36 bits per heavy atom. The zero-order valence-corrected chi connectivity index (χ0v) is 19.8. The monoisotopic (exact) mass is 460 g/mol. The lowest BCUT2D eigenvalue weighted by molar-refractivity contribution is -0.143. The number of rotatable bonds is 9. The summed E-state index contributed by atoms with van der Waals surface area (Å²) in [5.74, 6) is 0.635. The molecule has 0 spiro atoms. The Morgan fingerprint density at radius 2 is 1.82 bits per heavy atom. The quantitative estimate of drug-likeness (QED) is 0.575. The van der Waals surface area contributed by atoms with Crippen molar-refractivity contribution in [1.29, 1.82) is 5.26 Å². The molecule has 2 fully saturated rings. The first-order valence-corrected chi connectivity index (χ1v) is 11.6. The zero-order valence-electron chi connectivity index (χ0n) is 19.8. The largest absolute Gasteiger partial charge is 0.491 e. The standard InChI is InChI=1S/C24H36N4O5/c1-24(2,3)28(23(30)31)10-4-9-26-13-21-15-27(16-22(14-26)33-21)12-19(29)17-32-20-7-5-18(11-25)6-8-20/h5-8,19,21-22,29H,4,9-10,12-17H2,1-3H3,(H,30,31). The van der Waals surface area contributed by atoms with Crippen molar-refractivity contribution in [3.63, 3.8) is 0 Å². The summed E-state index contributed by atoms with van der Waals surface area (Å²) in [7, 11) is 0. The molecule has 182 valence electrons. The summed E-state index contributed by atoms with van der Waals surface area (Å²) in [4.78, 5) is 17.6. The minimum atomic E-state index is -0.876. The molecule has 2 aliphatic heterocycles. The number of ether oxygens (including phenoxy) is 2. The molecule has 0 aromatic heterocycles. The van der Waals surface area contributed by atoms with Crippen molar-refractivity contribution >= 4 is 6.09 Å². The Morgan fingerprint density at radius 1 is 1.21 bits per heavy atom. The lowest BCUT2D eigenvalue weighted by atomic mass is 10.1. The van der Waals surface area contributed by atoms with E-state index in [0.29, 0.717) is 24.4 Å². The van der Waals surface area contributed by atoms with Gasteiger partial charge in [0, 0.05) is 51.4 Å². The molecule has 0 saturated carbocycles. The number of hydrogen-bond acceptors (Lipinski definition) is 7. The topological polar surface area (TPSA) is 110 Å². The molecule has 0 aliphatic carbocycles. The van der Waals surface area contributed by atoms with Gasteiger partial charge < -0.3 is 24.6 Å². The van der Waals surface area contributed by atoms with Crippen LogP contribution in [0.25, 0.3) is 0 Å². The number of amides is 1. The van der Waals surface area contributed by atoms with E-state index in [1.54, 1.807) is 24.3 Å². The van der Waals surface area contributed by atoms with Crippen molar-refractivity contribution in [1.82, 2.24) is 14.7 Å². The molecule has 2 aliphatic rings. The van der Waals surface area contributed by atoms with Crippen LogP contribution in [0.3, 0.4) is 0 Å². The first-order valence-electron chi connectivity index (χ1n) is 11.6. The number of fused-ring (bicyclic) bond motifs is 2.